The van der Waals surface area contributed by atoms with Crippen molar-refractivity contribution in [3.63, 3.8) is 0 Å². The minimum Gasteiger partial charge on any atom is -0.481 e. The molecule has 0 aliphatic rings. The number of nitrogens with one attached hydrogen (secondary N) is 1. The fourth-order valence-corrected chi connectivity index (χ4v) is 1.94. The van der Waals surface area contributed by atoms with Gasteiger partial charge >= 0.3 is 12.1 Å². The van der Waals surface area contributed by atoms with Gasteiger partial charge in [-0.05, 0) is 32.0 Å². The van der Waals surface area contributed by atoms with Crippen LogP contribution in [-0.2, 0) is 11.0 Å². The molecule has 1 heterocycles. The number of aliphatic carboxylic acids is 1. The molecule has 26 heavy (non-hydrogen) atoms. The third kappa shape index (κ3) is 3.98. The summed E-state index contributed by atoms with van der Waals surface area (Å²) in [6.07, 6.45) is -5.01. The quantitative estimate of drug-likeness (QED) is 0.783. The maximum Gasteiger partial charge on any atom is 0.435 e. The molecule has 0 fully saturated rings. The number of amides is 1. The summed E-state index contributed by atoms with van der Waals surface area (Å²) < 4.78 is 53.9. The summed E-state index contributed by atoms with van der Waals surface area (Å²) in [6.45, 7) is 2.17. The predicted molar refractivity (Wildman–Crippen MR) is 80.1 cm³/mol. The van der Waals surface area contributed by atoms with Crippen molar-refractivity contribution in [1.82, 2.24) is 20.3 Å². The molecule has 1 aromatic heterocycles. The highest BCUT2D eigenvalue weighted by molar-refractivity contribution is 5.94. The largest absolute Gasteiger partial charge is 0.481 e. The standard InChI is InChI=1S/C15H14F4N4O3/c1-14(2,13(25)26)7-20-12(24)10-11(15(17,18)19)23(22-21-10)9-5-3-4-8(16)6-9/h3-6H,7H2,1-2H3,(H,20,24)(H,25,26). The molecule has 0 saturated carbocycles. The number of carboxylic acids is 1. The number of aromatic nitrogens is 3. The number of hydrogen-bond donors (Lipinski definition) is 2. The fourth-order valence-electron chi connectivity index (χ4n) is 1.94. The van der Waals surface area contributed by atoms with Gasteiger partial charge in [0.25, 0.3) is 5.91 Å². The summed E-state index contributed by atoms with van der Waals surface area (Å²) in [4.78, 5) is 23.1. The minimum absolute atomic E-state index is 0.269. The van der Waals surface area contributed by atoms with Crippen LogP contribution in [0.5, 0.6) is 0 Å². The second-order valence-corrected chi connectivity index (χ2v) is 6.05. The van der Waals surface area contributed by atoms with E-state index in [-0.39, 0.29) is 5.69 Å². The average molecular weight is 374 g/mol. The van der Waals surface area contributed by atoms with Crippen LogP contribution in [0.4, 0.5) is 17.6 Å². The number of carboxylic acid groups (broad SMARTS) is 1. The molecule has 0 atom stereocenters. The molecular formula is C15H14F4N4O3. The van der Waals surface area contributed by atoms with Gasteiger partial charge in [0.1, 0.15) is 5.82 Å². The zero-order valence-electron chi connectivity index (χ0n) is 13.6. The Morgan fingerprint density at radius 1 is 1.27 bits per heavy atom. The van der Waals surface area contributed by atoms with Crippen molar-refractivity contribution in [1.29, 1.82) is 0 Å². The van der Waals surface area contributed by atoms with Crippen molar-refractivity contribution in [3.8, 4) is 5.69 Å². The zero-order chi connectivity index (χ0) is 19.7. The molecule has 1 aromatic carbocycles. The molecule has 7 nitrogen and oxygen atoms in total. The lowest BCUT2D eigenvalue weighted by Crippen LogP contribution is -2.39. The number of halogens is 4. The zero-order valence-corrected chi connectivity index (χ0v) is 13.6. The van der Waals surface area contributed by atoms with Gasteiger partial charge in [0.05, 0.1) is 11.1 Å². The van der Waals surface area contributed by atoms with Gasteiger partial charge in [0, 0.05) is 6.54 Å². The summed E-state index contributed by atoms with van der Waals surface area (Å²) in [7, 11) is 0. The van der Waals surface area contributed by atoms with Crippen LogP contribution >= 0.6 is 0 Å². The Morgan fingerprint density at radius 3 is 2.46 bits per heavy atom. The average Bonchev–Trinajstić information content (AvgIpc) is 2.98. The summed E-state index contributed by atoms with van der Waals surface area (Å²) in [5.41, 5.74) is -4.20. The molecule has 0 radical (unpaired) electrons. The van der Waals surface area contributed by atoms with Crippen molar-refractivity contribution < 1.29 is 32.3 Å². The maximum absolute atomic E-state index is 13.4. The molecule has 0 aliphatic carbocycles. The Balaban J connectivity index is 2.41. The minimum atomic E-state index is -5.01. The number of rotatable bonds is 5. The second kappa shape index (κ2) is 6.73. The number of hydrogen-bond acceptors (Lipinski definition) is 4. The normalized spacial score (nSPS) is 12.1. The summed E-state index contributed by atoms with van der Waals surface area (Å²) in [5, 5.41) is 17.6. The topological polar surface area (TPSA) is 97.1 Å². The van der Waals surface area contributed by atoms with Crippen molar-refractivity contribution in [2.24, 2.45) is 5.41 Å². The lowest BCUT2D eigenvalue weighted by molar-refractivity contribution is -0.146. The third-order valence-electron chi connectivity index (χ3n) is 3.48. The second-order valence-electron chi connectivity index (χ2n) is 6.05. The van der Waals surface area contributed by atoms with E-state index < -0.39 is 47.2 Å². The number of carbonyl (C=O) groups is 2. The first-order valence-electron chi connectivity index (χ1n) is 7.24. The van der Waals surface area contributed by atoms with Gasteiger partial charge in [-0.3, -0.25) is 9.59 Å². The van der Waals surface area contributed by atoms with Gasteiger partial charge in [0.15, 0.2) is 11.4 Å². The monoisotopic (exact) mass is 374 g/mol. The van der Waals surface area contributed by atoms with E-state index in [0.29, 0.717) is 4.68 Å². The van der Waals surface area contributed by atoms with E-state index in [1.807, 2.05) is 0 Å². The van der Waals surface area contributed by atoms with Gasteiger partial charge in [-0.25, -0.2) is 9.07 Å². The van der Waals surface area contributed by atoms with Crippen LogP contribution in [0, 0.1) is 11.2 Å². The molecule has 2 rings (SSSR count). The molecule has 140 valence electrons. The molecule has 0 bridgehead atoms. The Bertz CT molecular complexity index is 846. The van der Waals surface area contributed by atoms with Crippen molar-refractivity contribution >= 4 is 11.9 Å². The van der Waals surface area contributed by atoms with E-state index in [1.54, 1.807) is 0 Å². The van der Waals surface area contributed by atoms with E-state index in [2.05, 4.69) is 15.6 Å². The lowest BCUT2D eigenvalue weighted by atomic mass is 9.94. The smallest absolute Gasteiger partial charge is 0.435 e. The van der Waals surface area contributed by atoms with Gasteiger partial charge in [-0.2, -0.15) is 13.2 Å². The van der Waals surface area contributed by atoms with Crippen LogP contribution in [0.2, 0.25) is 0 Å². The van der Waals surface area contributed by atoms with Crippen LogP contribution in [0.3, 0.4) is 0 Å². The molecule has 0 spiro atoms. The van der Waals surface area contributed by atoms with E-state index >= 15 is 0 Å². The first-order valence-corrected chi connectivity index (χ1v) is 7.24. The maximum atomic E-state index is 13.4. The highest BCUT2D eigenvalue weighted by Gasteiger charge is 2.42. The first-order chi connectivity index (χ1) is 11.9. The van der Waals surface area contributed by atoms with Gasteiger partial charge in [-0.15, -0.1) is 5.10 Å². The molecule has 0 saturated heterocycles. The van der Waals surface area contributed by atoms with Crippen LogP contribution in [0.15, 0.2) is 24.3 Å². The number of benzene rings is 1. The SMILES string of the molecule is CC(C)(CNC(=O)c1nnn(-c2cccc(F)c2)c1C(F)(F)F)C(=O)O. The van der Waals surface area contributed by atoms with E-state index in [4.69, 9.17) is 5.11 Å². The van der Waals surface area contributed by atoms with E-state index in [1.165, 1.54) is 26.0 Å². The summed E-state index contributed by atoms with van der Waals surface area (Å²) in [5.74, 6) is -3.27. The molecule has 0 aliphatic heterocycles. The molecule has 2 aromatic rings. The summed E-state index contributed by atoms with van der Waals surface area (Å²) in [6, 6.07) is 4.19. The van der Waals surface area contributed by atoms with E-state index in [0.717, 1.165) is 12.1 Å². The highest BCUT2D eigenvalue weighted by Crippen LogP contribution is 2.32. The molecule has 1 amide bonds. The van der Waals surface area contributed by atoms with Crippen LogP contribution in [0.1, 0.15) is 30.0 Å². The Labute approximate surface area is 144 Å². The predicted octanol–water partition coefficient (Wildman–Crippen LogP) is 2.27. The first kappa shape index (κ1) is 19.3. The number of alkyl halides is 3. The van der Waals surface area contributed by atoms with Crippen molar-refractivity contribution in [2.45, 2.75) is 20.0 Å². The fraction of sp³-hybridized carbons (Fsp3) is 0.333. The molecule has 11 heteroatoms. The Hall–Kier alpha value is -2.98. The lowest BCUT2D eigenvalue weighted by Gasteiger charge is -2.19. The molecular weight excluding hydrogens is 360 g/mol. The Morgan fingerprint density at radius 2 is 1.92 bits per heavy atom. The van der Waals surface area contributed by atoms with Crippen molar-refractivity contribution in [2.75, 3.05) is 6.54 Å². The van der Waals surface area contributed by atoms with Gasteiger partial charge in [-0.1, -0.05) is 11.3 Å². The van der Waals surface area contributed by atoms with E-state index in [9.17, 15) is 27.2 Å². The number of carbonyl (C=O) groups excluding carboxylic acids is 1. The molecule has 0 unspecified atom stereocenters. The van der Waals surface area contributed by atoms with Crippen molar-refractivity contribution in [3.05, 3.63) is 41.5 Å². The highest BCUT2D eigenvalue weighted by atomic mass is 19.4. The Kier molecular flexibility index (Phi) is 5.01. The van der Waals surface area contributed by atoms with Crippen LogP contribution in [-0.4, -0.2) is 38.5 Å². The van der Waals surface area contributed by atoms with Crippen LogP contribution < -0.4 is 5.32 Å². The summed E-state index contributed by atoms with van der Waals surface area (Å²) >= 11 is 0. The third-order valence-corrected chi connectivity index (χ3v) is 3.48. The number of nitrogens with zero attached hydrogens (tertiary/aromatic N) is 3. The van der Waals surface area contributed by atoms with Gasteiger partial charge in [0.2, 0.25) is 0 Å². The van der Waals surface area contributed by atoms with Crippen LogP contribution in [0.25, 0.3) is 5.69 Å². The molecule has 2 N–H and O–H groups in total. The van der Waals surface area contributed by atoms with Gasteiger partial charge < -0.3 is 10.4 Å².